The van der Waals surface area contributed by atoms with Crippen LogP contribution in [-0.4, -0.2) is 4.57 Å². The van der Waals surface area contributed by atoms with Crippen LogP contribution in [0.3, 0.4) is 0 Å². The number of fused-ring (bicyclic) bond motifs is 11. The number of hydrogen-bond acceptors (Lipinski definition) is 3. The van der Waals surface area contributed by atoms with E-state index in [9.17, 15) is 0 Å². The Kier molecular flexibility index (Phi) is 7.99. The topological polar surface area (TPSA) is 8.17 Å². The highest BCUT2D eigenvalue weighted by molar-refractivity contribution is 7.26. The Balaban J connectivity index is 0.959. The van der Waals surface area contributed by atoms with Crippen molar-refractivity contribution >= 4 is 113 Å². The van der Waals surface area contributed by atoms with E-state index in [0.717, 1.165) is 22.7 Å². The summed E-state index contributed by atoms with van der Waals surface area (Å²) < 4.78 is 7.71. The fourth-order valence-corrected chi connectivity index (χ4v) is 11.9. The Labute approximate surface area is 366 Å². The molecule has 2 nitrogen and oxygen atoms in total. The molecule has 62 heavy (non-hydrogen) atoms. The van der Waals surface area contributed by atoms with Crippen molar-refractivity contribution < 1.29 is 0 Å². The van der Waals surface area contributed by atoms with Crippen LogP contribution in [0.5, 0.6) is 0 Å². The van der Waals surface area contributed by atoms with Gasteiger partial charge in [-0.2, -0.15) is 0 Å². The molecule has 0 aliphatic carbocycles. The molecule has 3 heterocycles. The van der Waals surface area contributed by atoms with Gasteiger partial charge in [-0.15, -0.1) is 22.7 Å². The molecule has 0 saturated carbocycles. The molecule has 0 fully saturated rings. The minimum absolute atomic E-state index is 1.11. The fraction of sp³-hybridized carbons (Fsp3) is 0. The van der Waals surface area contributed by atoms with Crippen molar-refractivity contribution in [3.8, 4) is 27.9 Å². The van der Waals surface area contributed by atoms with Gasteiger partial charge in [0.15, 0.2) is 0 Å². The predicted molar refractivity (Wildman–Crippen MR) is 270 cm³/mol. The van der Waals surface area contributed by atoms with Crippen molar-refractivity contribution in [1.29, 1.82) is 0 Å². The van der Waals surface area contributed by atoms with Gasteiger partial charge in [0.2, 0.25) is 0 Å². The molecule has 0 aliphatic rings. The van der Waals surface area contributed by atoms with Crippen molar-refractivity contribution in [2.24, 2.45) is 0 Å². The SMILES string of the molecule is c1ccc(-c2cccc(N(c3ccc(-c4ccc5c6cc7c(ccc8sc9ccccc9c87)cc6n(-c6ccccc6)c5c4)cc3)c3ccc4c(c3)sc3ccccc34)c2)cc1. The van der Waals surface area contributed by atoms with E-state index >= 15 is 0 Å². The van der Waals surface area contributed by atoms with Gasteiger partial charge >= 0.3 is 0 Å². The fourth-order valence-electron chi connectivity index (χ4n) is 9.65. The molecule has 0 bridgehead atoms. The first kappa shape index (κ1) is 35.3. The van der Waals surface area contributed by atoms with Crippen molar-refractivity contribution in [3.63, 3.8) is 0 Å². The normalized spacial score (nSPS) is 11.9. The number of thiophene rings is 2. The molecule has 3 aromatic heterocycles. The Morgan fingerprint density at radius 1 is 0.306 bits per heavy atom. The van der Waals surface area contributed by atoms with E-state index in [-0.39, 0.29) is 0 Å². The van der Waals surface area contributed by atoms with Crippen LogP contribution in [0.2, 0.25) is 0 Å². The molecule has 13 aromatic rings. The summed E-state index contributed by atoms with van der Waals surface area (Å²) in [5.41, 5.74) is 11.7. The van der Waals surface area contributed by atoms with Crippen LogP contribution in [-0.2, 0) is 0 Å². The van der Waals surface area contributed by atoms with Crippen molar-refractivity contribution in [2.45, 2.75) is 0 Å². The first-order valence-electron chi connectivity index (χ1n) is 21.1. The van der Waals surface area contributed by atoms with E-state index in [1.165, 1.54) is 95.2 Å². The van der Waals surface area contributed by atoms with Gasteiger partial charge in [-0.3, -0.25) is 0 Å². The average molecular weight is 825 g/mol. The van der Waals surface area contributed by atoms with Gasteiger partial charge in [-0.05, 0) is 118 Å². The number of para-hydroxylation sites is 1. The molecule has 0 atom stereocenters. The van der Waals surface area contributed by atoms with Gasteiger partial charge in [-0.1, -0.05) is 133 Å². The van der Waals surface area contributed by atoms with Gasteiger partial charge in [0.1, 0.15) is 0 Å². The van der Waals surface area contributed by atoms with Crippen molar-refractivity contribution in [3.05, 3.63) is 218 Å². The quantitative estimate of drug-likeness (QED) is 0.162. The van der Waals surface area contributed by atoms with Crippen LogP contribution in [0, 0.1) is 0 Å². The second kappa shape index (κ2) is 14.0. The summed E-state index contributed by atoms with van der Waals surface area (Å²) in [4.78, 5) is 2.40. The molecule has 4 heteroatoms. The van der Waals surface area contributed by atoms with E-state index < -0.39 is 0 Å². The molecule has 0 radical (unpaired) electrons. The molecule has 0 saturated heterocycles. The maximum atomic E-state index is 2.45. The molecule has 0 aliphatic heterocycles. The highest BCUT2D eigenvalue weighted by Gasteiger charge is 2.19. The zero-order valence-corrected chi connectivity index (χ0v) is 35.1. The summed E-state index contributed by atoms with van der Waals surface area (Å²) in [6.07, 6.45) is 0. The monoisotopic (exact) mass is 824 g/mol. The standard InChI is InChI=1S/C58H36N2S2/c1-3-12-37(13-4-1)39-14-11-17-44(32-39)59(45-28-30-48-47-18-7-9-20-54(47)62-57(48)35-45)43-26-22-38(23-27-43)40-24-29-46-51-36-50-41(25-31-56-58(50)49-19-8-10-21-55(49)61-56)34-53(51)60(52(46)33-40)42-15-5-2-6-16-42/h1-36H. The zero-order valence-electron chi connectivity index (χ0n) is 33.5. The number of rotatable bonds is 6. The minimum Gasteiger partial charge on any atom is -0.310 e. The Hall–Kier alpha value is -7.50. The van der Waals surface area contributed by atoms with E-state index in [0.29, 0.717) is 0 Å². The summed E-state index contributed by atoms with van der Waals surface area (Å²) in [5, 5.41) is 10.4. The van der Waals surface area contributed by atoms with Crippen LogP contribution in [0.4, 0.5) is 17.1 Å². The Bertz CT molecular complexity index is 3860. The molecule has 10 aromatic carbocycles. The lowest BCUT2D eigenvalue weighted by atomic mass is 10.00. The smallest absolute Gasteiger partial charge is 0.0547 e. The Morgan fingerprint density at radius 3 is 1.74 bits per heavy atom. The van der Waals surface area contributed by atoms with Gasteiger partial charge < -0.3 is 9.47 Å². The highest BCUT2D eigenvalue weighted by atomic mass is 32.1. The molecule has 0 amide bonds. The third-order valence-electron chi connectivity index (χ3n) is 12.5. The third kappa shape index (κ3) is 5.61. The zero-order chi connectivity index (χ0) is 40.7. The first-order chi connectivity index (χ1) is 30.7. The number of nitrogens with zero attached hydrogens (tertiary/aromatic N) is 2. The molecular formula is C58H36N2S2. The summed E-state index contributed by atoms with van der Waals surface area (Å²) >= 11 is 3.74. The molecule has 0 N–H and O–H groups in total. The van der Waals surface area contributed by atoms with Crippen LogP contribution < -0.4 is 4.90 Å². The van der Waals surface area contributed by atoms with Gasteiger partial charge in [0, 0.05) is 73.9 Å². The van der Waals surface area contributed by atoms with E-state index in [4.69, 9.17) is 0 Å². The molecule has 13 rings (SSSR count). The molecule has 0 unspecified atom stereocenters. The molecule has 0 spiro atoms. The first-order valence-corrected chi connectivity index (χ1v) is 22.7. The van der Waals surface area contributed by atoms with Crippen LogP contribution in [0.1, 0.15) is 0 Å². The molecule has 290 valence electrons. The van der Waals surface area contributed by atoms with E-state index in [2.05, 4.69) is 228 Å². The van der Waals surface area contributed by atoms with E-state index in [1.54, 1.807) is 0 Å². The predicted octanol–water partition coefficient (Wildman–Crippen LogP) is 17.5. The Morgan fingerprint density at radius 2 is 0.903 bits per heavy atom. The summed E-state index contributed by atoms with van der Waals surface area (Å²) in [7, 11) is 0. The number of anilines is 3. The van der Waals surface area contributed by atoms with Gasteiger partial charge in [0.25, 0.3) is 0 Å². The molecular weight excluding hydrogens is 789 g/mol. The lowest BCUT2D eigenvalue weighted by molar-refractivity contribution is 1.18. The summed E-state index contributed by atoms with van der Waals surface area (Å²) in [6.45, 7) is 0. The van der Waals surface area contributed by atoms with Gasteiger partial charge in [0.05, 0.1) is 11.0 Å². The maximum Gasteiger partial charge on any atom is 0.0547 e. The van der Waals surface area contributed by atoms with Crippen LogP contribution >= 0.6 is 22.7 Å². The lowest BCUT2D eigenvalue weighted by Crippen LogP contribution is -2.09. The van der Waals surface area contributed by atoms with Gasteiger partial charge in [-0.25, -0.2) is 0 Å². The number of hydrogen-bond donors (Lipinski definition) is 0. The maximum absolute atomic E-state index is 2.45. The minimum atomic E-state index is 1.11. The van der Waals surface area contributed by atoms with Crippen molar-refractivity contribution in [1.82, 2.24) is 4.57 Å². The second-order valence-electron chi connectivity index (χ2n) is 16.1. The second-order valence-corrected chi connectivity index (χ2v) is 18.3. The summed E-state index contributed by atoms with van der Waals surface area (Å²) in [6, 6.07) is 80.4. The van der Waals surface area contributed by atoms with E-state index in [1.807, 2.05) is 22.7 Å². The summed E-state index contributed by atoms with van der Waals surface area (Å²) in [5.74, 6) is 0. The lowest BCUT2D eigenvalue weighted by Gasteiger charge is -2.26. The highest BCUT2D eigenvalue weighted by Crippen LogP contribution is 2.44. The van der Waals surface area contributed by atoms with Crippen LogP contribution in [0.15, 0.2) is 218 Å². The number of aromatic nitrogens is 1. The van der Waals surface area contributed by atoms with Crippen LogP contribution in [0.25, 0.3) is 101 Å². The third-order valence-corrected chi connectivity index (χ3v) is 14.8. The largest absolute Gasteiger partial charge is 0.310 e. The number of benzene rings is 10. The van der Waals surface area contributed by atoms with Crippen molar-refractivity contribution in [2.75, 3.05) is 4.90 Å². The average Bonchev–Trinajstić information content (AvgIpc) is 4.01.